The molecule has 4 rings (SSSR count). The highest BCUT2D eigenvalue weighted by Crippen LogP contribution is 2.27. The van der Waals surface area contributed by atoms with E-state index >= 15 is 0 Å². The van der Waals surface area contributed by atoms with Crippen LogP contribution in [0.25, 0.3) is 11.1 Å². The minimum absolute atomic E-state index is 0.0385. The number of rotatable bonds is 4. The van der Waals surface area contributed by atoms with Crippen LogP contribution in [-0.2, 0) is 16.0 Å². The molecule has 2 heterocycles. The first-order valence-electron chi connectivity index (χ1n) is 8.11. The summed E-state index contributed by atoms with van der Waals surface area (Å²) in [7, 11) is 0. The largest absolute Gasteiger partial charge is 0.462 e. The molecule has 0 fully saturated rings. The minimum atomic E-state index is -0.479. The van der Waals surface area contributed by atoms with Gasteiger partial charge < -0.3 is 14.1 Å². The second-order valence-electron chi connectivity index (χ2n) is 5.84. The van der Waals surface area contributed by atoms with E-state index in [4.69, 9.17) is 9.15 Å². The molecule has 0 saturated heterocycles. The molecule has 0 bridgehead atoms. The van der Waals surface area contributed by atoms with Gasteiger partial charge in [-0.1, -0.05) is 18.2 Å². The zero-order valence-electron chi connectivity index (χ0n) is 13.5. The minimum Gasteiger partial charge on any atom is -0.462 e. The predicted octanol–water partition coefficient (Wildman–Crippen LogP) is 2.96. The molecule has 0 saturated carbocycles. The summed E-state index contributed by atoms with van der Waals surface area (Å²) in [5.74, 6) is -0.517. The SMILES string of the molecule is O=C(OCCC(=O)N1CCc2ccccc21)c1ccc2ncoc2c1. The van der Waals surface area contributed by atoms with Gasteiger partial charge in [-0.15, -0.1) is 0 Å². The Kier molecular flexibility index (Phi) is 3.93. The number of para-hydroxylation sites is 1. The van der Waals surface area contributed by atoms with Crippen LogP contribution in [0.4, 0.5) is 5.69 Å². The van der Waals surface area contributed by atoms with Gasteiger partial charge in [-0.3, -0.25) is 4.79 Å². The summed E-state index contributed by atoms with van der Waals surface area (Å²) in [6.07, 6.45) is 2.34. The van der Waals surface area contributed by atoms with Crippen molar-refractivity contribution in [1.82, 2.24) is 4.98 Å². The quantitative estimate of drug-likeness (QED) is 0.685. The van der Waals surface area contributed by atoms with Gasteiger partial charge in [0.2, 0.25) is 5.91 Å². The zero-order valence-corrected chi connectivity index (χ0v) is 13.5. The van der Waals surface area contributed by atoms with Gasteiger partial charge in [0.1, 0.15) is 12.1 Å². The molecule has 1 aliphatic heterocycles. The van der Waals surface area contributed by atoms with E-state index < -0.39 is 5.97 Å². The zero-order chi connectivity index (χ0) is 17.2. The number of carbonyl (C=O) groups excluding carboxylic acids is 2. The maximum atomic E-state index is 12.4. The highest BCUT2D eigenvalue weighted by molar-refractivity contribution is 5.96. The van der Waals surface area contributed by atoms with Crippen LogP contribution in [0.5, 0.6) is 0 Å². The first-order chi connectivity index (χ1) is 12.2. The second kappa shape index (κ2) is 6.39. The van der Waals surface area contributed by atoms with Crippen LogP contribution in [0.1, 0.15) is 22.3 Å². The molecule has 25 heavy (non-hydrogen) atoms. The van der Waals surface area contributed by atoms with Crippen LogP contribution < -0.4 is 4.90 Å². The maximum absolute atomic E-state index is 12.4. The summed E-state index contributed by atoms with van der Waals surface area (Å²) in [4.78, 5) is 30.2. The van der Waals surface area contributed by atoms with Crippen molar-refractivity contribution in [3.8, 4) is 0 Å². The van der Waals surface area contributed by atoms with Gasteiger partial charge in [0, 0.05) is 12.2 Å². The number of carbonyl (C=O) groups is 2. The van der Waals surface area contributed by atoms with Gasteiger partial charge in [-0.05, 0) is 36.2 Å². The van der Waals surface area contributed by atoms with Gasteiger partial charge in [0.25, 0.3) is 0 Å². The van der Waals surface area contributed by atoms with Crippen LogP contribution in [0.15, 0.2) is 53.3 Å². The fourth-order valence-corrected chi connectivity index (χ4v) is 3.03. The number of aromatic nitrogens is 1. The number of hydrogen-bond donors (Lipinski definition) is 0. The second-order valence-corrected chi connectivity index (χ2v) is 5.84. The number of nitrogens with zero attached hydrogens (tertiary/aromatic N) is 2. The lowest BCUT2D eigenvalue weighted by molar-refractivity contribution is -0.119. The Morgan fingerprint density at radius 3 is 3.00 bits per heavy atom. The Labute approximate surface area is 144 Å². The van der Waals surface area contributed by atoms with Crippen molar-refractivity contribution in [3.05, 3.63) is 60.0 Å². The van der Waals surface area contributed by atoms with Gasteiger partial charge in [-0.25, -0.2) is 9.78 Å². The number of ether oxygens (including phenoxy) is 1. The van der Waals surface area contributed by atoms with Gasteiger partial charge in [-0.2, -0.15) is 0 Å². The molecular formula is C19H16N2O4. The summed E-state index contributed by atoms with van der Waals surface area (Å²) >= 11 is 0. The summed E-state index contributed by atoms with van der Waals surface area (Å²) in [5, 5.41) is 0. The molecule has 6 heteroatoms. The van der Waals surface area contributed by atoms with E-state index in [0.29, 0.717) is 23.2 Å². The van der Waals surface area contributed by atoms with Crippen molar-refractivity contribution in [2.24, 2.45) is 0 Å². The third-order valence-corrected chi connectivity index (χ3v) is 4.30. The first kappa shape index (κ1) is 15.4. The molecule has 3 aromatic rings. The standard InChI is InChI=1S/C19H16N2O4/c22-18(21-9-7-13-3-1-2-4-16(13)21)8-10-24-19(23)14-5-6-15-17(11-14)25-12-20-15/h1-6,11-12H,7-10H2. The van der Waals surface area contributed by atoms with Gasteiger partial charge >= 0.3 is 5.97 Å². The number of anilines is 1. The number of amides is 1. The van der Waals surface area contributed by atoms with Crippen LogP contribution >= 0.6 is 0 Å². The Morgan fingerprint density at radius 2 is 2.08 bits per heavy atom. The third-order valence-electron chi connectivity index (χ3n) is 4.30. The molecule has 0 unspecified atom stereocenters. The fourth-order valence-electron chi connectivity index (χ4n) is 3.03. The molecule has 6 nitrogen and oxygen atoms in total. The number of hydrogen-bond acceptors (Lipinski definition) is 5. The molecule has 0 N–H and O–H groups in total. The Balaban J connectivity index is 1.34. The normalized spacial score (nSPS) is 13.0. The summed E-state index contributed by atoms with van der Waals surface area (Å²) in [6, 6.07) is 12.8. The fraction of sp³-hybridized carbons (Fsp3) is 0.211. The van der Waals surface area contributed by atoms with Crippen molar-refractivity contribution in [2.45, 2.75) is 12.8 Å². The van der Waals surface area contributed by atoms with Crippen molar-refractivity contribution in [3.63, 3.8) is 0 Å². The smallest absolute Gasteiger partial charge is 0.338 e. The summed E-state index contributed by atoms with van der Waals surface area (Å²) < 4.78 is 10.4. The van der Waals surface area contributed by atoms with E-state index in [1.807, 2.05) is 24.3 Å². The highest BCUT2D eigenvalue weighted by atomic mass is 16.5. The predicted molar refractivity (Wildman–Crippen MR) is 91.4 cm³/mol. The molecule has 126 valence electrons. The lowest BCUT2D eigenvalue weighted by Crippen LogP contribution is -2.29. The monoisotopic (exact) mass is 336 g/mol. The van der Waals surface area contributed by atoms with Gasteiger partial charge in [0.15, 0.2) is 12.0 Å². The Bertz CT molecular complexity index is 947. The van der Waals surface area contributed by atoms with E-state index in [2.05, 4.69) is 4.98 Å². The van der Waals surface area contributed by atoms with Crippen molar-refractivity contribution in [1.29, 1.82) is 0 Å². The molecule has 2 aromatic carbocycles. The lowest BCUT2D eigenvalue weighted by Gasteiger charge is -2.17. The molecule has 0 atom stereocenters. The van der Waals surface area contributed by atoms with Crippen molar-refractivity contribution < 1.29 is 18.7 Å². The molecule has 1 aliphatic rings. The van der Waals surface area contributed by atoms with Crippen LogP contribution in [-0.4, -0.2) is 30.0 Å². The molecule has 0 aliphatic carbocycles. The number of fused-ring (bicyclic) bond motifs is 2. The van der Waals surface area contributed by atoms with E-state index in [0.717, 1.165) is 12.1 Å². The van der Waals surface area contributed by atoms with Gasteiger partial charge in [0.05, 0.1) is 12.0 Å². The van der Waals surface area contributed by atoms with E-state index in [9.17, 15) is 9.59 Å². The van der Waals surface area contributed by atoms with E-state index in [1.165, 1.54) is 12.0 Å². The Hall–Kier alpha value is -3.15. The van der Waals surface area contributed by atoms with Crippen LogP contribution in [0, 0.1) is 0 Å². The molecular weight excluding hydrogens is 320 g/mol. The topological polar surface area (TPSA) is 72.6 Å². The van der Waals surface area contributed by atoms with Crippen molar-refractivity contribution >= 4 is 28.7 Å². The van der Waals surface area contributed by atoms with E-state index in [-0.39, 0.29) is 18.9 Å². The third kappa shape index (κ3) is 2.98. The van der Waals surface area contributed by atoms with E-state index in [1.54, 1.807) is 23.1 Å². The van der Waals surface area contributed by atoms with Crippen LogP contribution in [0.3, 0.4) is 0 Å². The molecule has 1 amide bonds. The highest BCUT2D eigenvalue weighted by Gasteiger charge is 2.24. The first-order valence-corrected chi connectivity index (χ1v) is 8.11. The average molecular weight is 336 g/mol. The Morgan fingerprint density at radius 1 is 1.20 bits per heavy atom. The maximum Gasteiger partial charge on any atom is 0.338 e. The number of oxazole rings is 1. The lowest BCUT2D eigenvalue weighted by atomic mass is 10.2. The summed E-state index contributed by atoms with van der Waals surface area (Å²) in [5.41, 5.74) is 3.71. The number of benzene rings is 2. The average Bonchev–Trinajstić information content (AvgIpc) is 3.27. The number of esters is 1. The molecule has 0 spiro atoms. The molecule has 1 aromatic heterocycles. The van der Waals surface area contributed by atoms with Crippen molar-refractivity contribution in [2.75, 3.05) is 18.1 Å². The molecule has 0 radical (unpaired) electrons. The van der Waals surface area contributed by atoms with Crippen LogP contribution in [0.2, 0.25) is 0 Å². The summed E-state index contributed by atoms with van der Waals surface area (Å²) in [6.45, 7) is 0.721.